The van der Waals surface area contributed by atoms with Gasteiger partial charge >= 0.3 is 0 Å². The van der Waals surface area contributed by atoms with Crippen LogP contribution < -0.4 is 0 Å². The van der Waals surface area contributed by atoms with Crippen molar-refractivity contribution in [1.29, 1.82) is 0 Å². The van der Waals surface area contributed by atoms with Gasteiger partial charge in [-0.3, -0.25) is 4.79 Å². The Hall–Kier alpha value is -1.11. The number of benzene rings is 1. The van der Waals surface area contributed by atoms with Gasteiger partial charge in [0.05, 0.1) is 0 Å². The molecule has 14 heavy (non-hydrogen) atoms. The lowest BCUT2D eigenvalue weighted by atomic mass is 10.1. The first-order chi connectivity index (χ1) is 6.88. The number of ketones is 1. The molecule has 0 amide bonds. The van der Waals surface area contributed by atoms with Gasteiger partial charge in [0.1, 0.15) is 0 Å². The molecular weight excluding hydrogens is 172 g/mol. The van der Waals surface area contributed by atoms with E-state index in [1.54, 1.807) is 0 Å². The molecule has 1 nitrogen and oxygen atoms in total. The molecule has 1 aromatic rings. The van der Waals surface area contributed by atoms with E-state index in [9.17, 15) is 4.79 Å². The SMILES string of the molecule is CC.CC.O=C1CCc2ccccc21. The maximum Gasteiger partial charge on any atom is 0.163 e. The minimum Gasteiger partial charge on any atom is -0.294 e. The summed E-state index contributed by atoms with van der Waals surface area (Å²) in [6, 6.07) is 7.84. The summed E-state index contributed by atoms with van der Waals surface area (Å²) in [6.07, 6.45) is 1.65. The highest BCUT2D eigenvalue weighted by Crippen LogP contribution is 2.20. The maximum absolute atomic E-state index is 11.1. The number of rotatable bonds is 0. The monoisotopic (exact) mass is 192 g/mol. The van der Waals surface area contributed by atoms with Crippen LogP contribution in [-0.4, -0.2) is 5.78 Å². The second kappa shape index (κ2) is 7.31. The number of carbonyl (C=O) groups excluding carboxylic acids is 1. The quantitative estimate of drug-likeness (QED) is 0.610. The molecule has 0 saturated heterocycles. The number of aryl methyl sites for hydroxylation is 1. The van der Waals surface area contributed by atoms with Crippen molar-refractivity contribution in [2.75, 3.05) is 0 Å². The van der Waals surface area contributed by atoms with Crippen LogP contribution in [0.2, 0.25) is 0 Å². The third-order valence-corrected chi connectivity index (χ3v) is 1.94. The van der Waals surface area contributed by atoms with E-state index in [-0.39, 0.29) is 0 Å². The number of carbonyl (C=O) groups is 1. The van der Waals surface area contributed by atoms with Crippen molar-refractivity contribution in [2.24, 2.45) is 0 Å². The fourth-order valence-corrected chi connectivity index (χ4v) is 1.39. The van der Waals surface area contributed by atoms with E-state index >= 15 is 0 Å². The van der Waals surface area contributed by atoms with Crippen LogP contribution in [0.3, 0.4) is 0 Å². The Balaban J connectivity index is 0.000000379. The van der Waals surface area contributed by atoms with Gasteiger partial charge in [0.15, 0.2) is 5.78 Å². The average Bonchev–Trinajstić information content (AvgIpc) is 2.67. The van der Waals surface area contributed by atoms with Crippen LogP contribution in [-0.2, 0) is 6.42 Å². The van der Waals surface area contributed by atoms with Crippen LogP contribution in [0.1, 0.15) is 50.0 Å². The third-order valence-electron chi connectivity index (χ3n) is 1.94. The van der Waals surface area contributed by atoms with Crippen molar-refractivity contribution in [2.45, 2.75) is 40.5 Å². The molecular formula is C13H20O. The van der Waals surface area contributed by atoms with E-state index in [4.69, 9.17) is 0 Å². The molecule has 1 heteroatoms. The Kier molecular flexibility index (Phi) is 6.73. The Morgan fingerprint density at radius 2 is 1.50 bits per heavy atom. The van der Waals surface area contributed by atoms with E-state index in [2.05, 4.69) is 0 Å². The second-order valence-electron chi connectivity index (χ2n) is 2.58. The van der Waals surface area contributed by atoms with Gasteiger partial charge in [-0.25, -0.2) is 0 Å². The fraction of sp³-hybridized carbons (Fsp3) is 0.462. The summed E-state index contributed by atoms with van der Waals surface area (Å²) in [5.74, 6) is 0.301. The first kappa shape index (κ1) is 12.9. The highest BCUT2D eigenvalue weighted by atomic mass is 16.1. The fourth-order valence-electron chi connectivity index (χ4n) is 1.39. The molecule has 1 aliphatic rings. The third kappa shape index (κ3) is 2.99. The van der Waals surface area contributed by atoms with Crippen LogP contribution in [0, 0.1) is 0 Å². The zero-order valence-corrected chi connectivity index (χ0v) is 9.63. The summed E-state index contributed by atoms with van der Waals surface area (Å²) in [6.45, 7) is 8.00. The summed E-state index contributed by atoms with van der Waals surface area (Å²) in [5, 5.41) is 0. The number of hydrogen-bond donors (Lipinski definition) is 0. The normalized spacial score (nSPS) is 11.9. The molecule has 0 N–H and O–H groups in total. The predicted octanol–water partition coefficient (Wildman–Crippen LogP) is 3.87. The number of Topliss-reactive ketones (excluding diaryl/α,β-unsaturated/α-hetero) is 1. The van der Waals surface area contributed by atoms with Crippen LogP contribution in [0.15, 0.2) is 24.3 Å². The Morgan fingerprint density at radius 1 is 0.929 bits per heavy atom. The molecule has 0 aliphatic heterocycles. The van der Waals surface area contributed by atoms with Crippen molar-refractivity contribution in [3.05, 3.63) is 35.4 Å². The summed E-state index contributed by atoms with van der Waals surface area (Å²) in [7, 11) is 0. The molecule has 0 radical (unpaired) electrons. The second-order valence-corrected chi connectivity index (χ2v) is 2.58. The first-order valence-corrected chi connectivity index (χ1v) is 5.49. The van der Waals surface area contributed by atoms with E-state index in [1.165, 1.54) is 5.56 Å². The first-order valence-electron chi connectivity index (χ1n) is 5.49. The van der Waals surface area contributed by atoms with Crippen LogP contribution in [0.25, 0.3) is 0 Å². The molecule has 78 valence electrons. The summed E-state index contributed by atoms with van der Waals surface area (Å²) < 4.78 is 0. The summed E-state index contributed by atoms with van der Waals surface area (Å²) >= 11 is 0. The van der Waals surface area contributed by atoms with Gasteiger partial charge in [-0.2, -0.15) is 0 Å². The van der Waals surface area contributed by atoms with Crippen molar-refractivity contribution in [3.63, 3.8) is 0 Å². The molecule has 1 aromatic carbocycles. The molecule has 1 aliphatic carbocycles. The zero-order valence-electron chi connectivity index (χ0n) is 9.63. The highest BCUT2D eigenvalue weighted by Gasteiger charge is 2.17. The Morgan fingerprint density at radius 3 is 2.07 bits per heavy atom. The van der Waals surface area contributed by atoms with Crippen LogP contribution >= 0.6 is 0 Å². The Labute approximate surface area is 87.2 Å². The van der Waals surface area contributed by atoms with Crippen molar-refractivity contribution >= 4 is 5.78 Å². The van der Waals surface area contributed by atoms with E-state index in [0.29, 0.717) is 12.2 Å². The minimum atomic E-state index is 0.301. The van der Waals surface area contributed by atoms with Crippen molar-refractivity contribution < 1.29 is 4.79 Å². The van der Waals surface area contributed by atoms with Gasteiger partial charge in [0.25, 0.3) is 0 Å². The minimum absolute atomic E-state index is 0.301. The average molecular weight is 192 g/mol. The largest absolute Gasteiger partial charge is 0.294 e. The molecule has 0 aromatic heterocycles. The van der Waals surface area contributed by atoms with Gasteiger partial charge < -0.3 is 0 Å². The molecule has 0 heterocycles. The van der Waals surface area contributed by atoms with Gasteiger partial charge in [0.2, 0.25) is 0 Å². The molecule has 0 spiro atoms. The molecule has 0 unspecified atom stereocenters. The van der Waals surface area contributed by atoms with Gasteiger partial charge in [-0.05, 0) is 12.0 Å². The maximum atomic E-state index is 11.1. The van der Waals surface area contributed by atoms with Crippen LogP contribution in [0.4, 0.5) is 0 Å². The molecule has 0 bridgehead atoms. The van der Waals surface area contributed by atoms with Gasteiger partial charge in [-0.1, -0.05) is 52.0 Å². The predicted molar refractivity (Wildman–Crippen MR) is 61.8 cm³/mol. The topological polar surface area (TPSA) is 17.1 Å². The van der Waals surface area contributed by atoms with E-state index in [0.717, 1.165) is 12.0 Å². The van der Waals surface area contributed by atoms with Crippen molar-refractivity contribution in [1.82, 2.24) is 0 Å². The molecule has 0 atom stereocenters. The molecule has 0 saturated carbocycles. The Bertz CT molecular complexity index is 276. The van der Waals surface area contributed by atoms with Gasteiger partial charge in [-0.15, -0.1) is 0 Å². The highest BCUT2D eigenvalue weighted by molar-refractivity contribution is 6.00. The lowest BCUT2D eigenvalue weighted by Crippen LogP contribution is -1.88. The van der Waals surface area contributed by atoms with E-state index < -0.39 is 0 Å². The smallest absolute Gasteiger partial charge is 0.163 e. The molecule has 0 fully saturated rings. The molecule has 2 rings (SSSR count). The summed E-state index contributed by atoms with van der Waals surface area (Å²) in [5.41, 5.74) is 2.15. The standard InChI is InChI=1S/C9H8O.2C2H6/c10-9-6-5-7-3-1-2-4-8(7)9;2*1-2/h1-4H,5-6H2;2*1-2H3. The number of fused-ring (bicyclic) bond motifs is 1. The van der Waals surface area contributed by atoms with Gasteiger partial charge in [0, 0.05) is 12.0 Å². The summed E-state index contributed by atoms with van der Waals surface area (Å²) in [4.78, 5) is 11.1. The van der Waals surface area contributed by atoms with E-state index in [1.807, 2.05) is 52.0 Å². The van der Waals surface area contributed by atoms with Crippen molar-refractivity contribution in [3.8, 4) is 0 Å². The lowest BCUT2D eigenvalue weighted by molar-refractivity contribution is 0.0994. The number of hydrogen-bond acceptors (Lipinski definition) is 1. The zero-order chi connectivity index (χ0) is 11.0. The van der Waals surface area contributed by atoms with Crippen LogP contribution in [0.5, 0.6) is 0 Å². The lowest BCUT2D eigenvalue weighted by Gasteiger charge is -1.92.